The maximum atomic E-state index is 11.0. The molecule has 2 N–H and O–H groups in total. The van der Waals surface area contributed by atoms with Gasteiger partial charge in [0.2, 0.25) is 0 Å². The fraction of sp³-hybridized carbons (Fsp3) is 0. The summed E-state index contributed by atoms with van der Waals surface area (Å²) in [4.78, 5) is 23.1. The van der Waals surface area contributed by atoms with Crippen LogP contribution in [0.25, 0.3) is 0 Å². The highest BCUT2D eigenvalue weighted by molar-refractivity contribution is 8.76. The van der Waals surface area contributed by atoms with E-state index in [9.17, 15) is 9.59 Å². The van der Waals surface area contributed by atoms with E-state index in [0.29, 0.717) is 19.8 Å². The third kappa shape index (κ3) is 4.10. The van der Waals surface area contributed by atoms with Gasteiger partial charge in [-0.2, -0.15) is 0 Å². The number of rotatable bonds is 5. The van der Waals surface area contributed by atoms with Crippen molar-refractivity contribution < 1.29 is 19.8 Å². The molecule has 8 heteroatoms. The van der Waals surface area contributed by atoms with Crippen LogP contribution in [0.2, 0.25) is 10.0 Å². The summed E-state index contributed by atoms with van der Waals surface area (Å²) in [5, 5.41) is 18.8. The first-order chi connectivity index (χ1) is 10.4. The van der Waals surface area contributed by atoms with Crippen LogP contribution in [-0.4, -0.2) is 22.2 Å². The van der Waals surface area contributed by atoms with Crippen LogP contribution in [0.5, 0.6) is 0 Å². The molecular weight excluding hydrogens is 367 g/mol. The first-order valence-electron chi connectivity index (χ1n) is 5.78. The third-order valence-electron chi connectivity index (χ3n) is 2.58. The van der Waals surface area contributed by atoms with Gasteiger partial charge >= 0.3 is 11.9 Å². The van der Waals surface area contributed by atoms with Gasteiger partial charge in [0.25, 0.3) is 0 Å². The molecule has 4 nitrogen and oxygen atoms in total. The summed E-state index contributed by atoms with van der Waals surface area (Å²) in [7, 11) is 2.42. The largest absolute Gasteiger partial charge is 0.478 e. The van der Waals surface area contributed by atoms with Crippen molar-refractivity contribution in [3.05, 3.63) is 57.6 Å². The minimum absolute atomic E-state index is 0.123. The molecule has 0 spiro atoms. The van der Waals surface area contributed by atoms with E-state index in [2.05, 4.69) is 0 Å². The quantitative estimate of drug-likeness (QED) is 0.701. The molecule has 22 heavy (non-hydrogen) atoms. The van der Waals surface area contributed by atoms with E-state index >= 15 is 0 Å². The molecule has 0 bridgehead atoms. The number of aromatic carboxylic acids is 2. The number of hydrogen-bond acceptors (Lipinski definition) is 4. The van der Waals surface area contributed by atoms with Gasteiger partial charge in [-0.05, 0) is 36.4 Å². The molecule has 0 radical (unpaired) electrons. The Morgan fingerprint density at radius 2 is 1.14 bits per heavy atom. The van der Waals surface area contributed by atoms with Crippen molar-refractivity contribution in [2.45, 2.75) is 9.79 Å². The second-order valence-corrected chi connectivity index (χ2v) is 7.09. The smallest absolute Gasteiger partial charge is 0.335 e. The van der Waals surface area contributed by atoms with Gasteiger partial charge in [-0.1, -0.05) is 44.8 Å². The summed E-state index contributed by atoms with van der Waals surface area (Å²) >= 11 is 12.1. The van der Waals surface area contributed by atoms with Crippen LogP contribution >= 0.6 is 44.8 Å². The van der Waals surface area contributed by atoms with Crippen molar-refractivity contribution in [2.75, 3.05) is 0 Å². The van der Waals surface area contributed by atoms with Gasteiger partial charge in [0.1, 0.15) is 0 Å². The molecule has 0 saturated heterocycles. The molecule has 114 valence electrons. The summed E-state index contributed by atoms with van der Waals surface area (Å²) in [6.07, 6.45) is 0. The van der Waals surface area contributed by atoms with Crippen LogP contribution in [0.1, 0.15) is 20.7 Å². The molecule has 0 atom stereocenters. The van der Waals surface area contributed by atoms with Crippen LogP contribution in [-0.2, 0) is 0 Å². The predicted octanol–water partition coefficient (Wildman–Crippen LogP) is 5.19. The van der Waals surface area contributed by atoms with E-state index in [1.54, 1.807) is 0 Å². The Labute approximate surface area is 143 Å². The molecule has 0 aromatic heterocycles. The molecule has 2 aromatic rings. The minimum Gasteiger partial charge on any atom is -0.478 e. The van der Waals surface area contributed by atoms with E-state index in [0.717, 1.165) is 0 Å². The van der Waals surface area contributed by atoms with Gasteiger partial charge in [-0.15, -0.1) is 0 Å². The van der Waals surface area contributed by atoms with Gasteiger partial charge in [-0.3, -0.25) is 0 Å². The van der Waals surface area contributed by atoms with Gasteiger partial charge in [0.05, 0.1) is 21.2 Å². The molecule has 0 aliphatic heterocycles. The SMILES string of the molecule is O=C(O)c1ccc(Cl)c(SSc2cc(C(=O)O)ccc2Cl)c1. The summed E-state index contributed by atoms with van der Waals surface area (Å²) in [6, 6.07) is 8.75. The molecule has 0 aliphatic carbocycles. The van der Waals surface area contributed by atoms with Crippen molar-refractivity contribution >= 4 is 56.7 Å². The van der Waals surface area contributed by atoms with Gasteiger partial charge in [0, 0.05) is 9.79 Å². The Kier molecular flexibility index (Phi) is 5.63. The maximum Gasteiger partial charge on any atom is 0.335 e. The first kappa shape index (κ1) is 17.0. The van der Waals surface area contributed by atoms with Crippen LogP contribution in [0, 0.1) is 0 Å². The van der Waals surface area contributed by atoms with Gasteiger partial charge in [0.15, 0.2) is 0 Å². The van der Waals surface area contributed by atoms with Crippen LogP contribution in [0.15, 0.2) is 46.2 Å². The third-order valence-corrected chi connectivity index (χ3v) is 5.91. The van der Waals surface area contributed by atoms with Crippen molar-refractivity contribution in [3.8, 4) is 0 Å². The lowest BCUT2D eigenvalue weighted by atomic mass is 10.2. The Bertz CT molecular complexity index is 686. The van der Waals surface area contributed by atoms with Crippen LogP contribution in [0.4, 0.5) is 0 Å². The Morgan fingerprint density at radius 1 is 0.773 bits per heavy atom. The van der Waals surface area contributed by atoms with E-state index in [4.69, 9.17) is 33.4 Å². The average molecular weight is 375 g/mol. The molecule has 0 saturated carbocycles. The van der Waals surface area contributed by atoms with E-state index in [1.807, 2.05) is 0 Å². The number of benzene rings is 2. The zero-order valence-corrected chi connectivity index (χ0v) is 13.9. The highest BCUT2D eigenvalue weighted by Gasteiger charge is 2.12. The lowest BCUT2D eigenvalue weighted by molar-refractivity contribution is 0.0685. The lowest BCUT2D eigenvalue weighted by Crippen LogP contribution is -1.96. The number of carboxylic acids is 2. The fourth-order valence-electron chi connectivity index (χ4n) is 1.49. The zero-order chi connectivity index (χ0) is 16.3. The van der Waals surface area contributed by atoms with Crippen molar-refractivity contribution in [1.82, 2.24) is 0 Å². The standard InChI is InChI=1S/C14H8Cl2O4S2/c15-9-3-1-7(13(17)18)5-11(9)21-22-12-6-8(14(19)20)2-4-10(12)16/h1-6H,(H,17,18)(H,19,20). The summed E-state index contributed by atoms with van der Waals surface area (Å²) < 4.78 is 0. The first-order valence-corrected chi connectivity index (χ1v) is 8.69. The summed E-state index contributed by atoms with van der Waals surface area (Å²) in [5.41, 5.74) is 0.246. The molecule has 0 fully saturated rings. The zero-order valence-electron chi connectivity index (χ0n) is 10.7. The number of halogens is 2. The highest BCUT2D eigenvalue weighted by Crippen LogP contribution is 2.43. The molecule has 0 aliphatic rings. The molecule has 0 unspecified atom stereocenters. The topological polar surface area (TPSA) is 74.6 Å². The van der Waals surface area contributed by atoms with Gasteiger partial charge < -0.3 is 10.2 Å². The normalized spacial score (nSPS) is 10.5. The lowest BCUT2D eigenvalue weighted by Gasteiger charge is -2.07. The maximum absolute atomic E-state index is 11.0. The number of carbonyl (C=O) groups is 2. The van der Waals surface area contributed by atoms with E-state index in [1.165, 1.54) is 58.0 Å². The molecule has 2 rings (SSSR count). The summed E-state index contributed by atoms with van der Waals surface area (Å²) in [5.74, 6) is -2.09. The molecule has 0 amide bonds. The predicted molar refractivity (Wildman–Crippen MR) is 88.5 cm³/mol. The average Bonchev–Trinajstić information content (AvgIpc) is 2.47. The number of hydrogen-bond donors (Lipinski definition) is 2. The Morgan fingerprint density at radius 3 is 1.45 bits per heavy atom. The monoisotopic (exact) mass is 374 g/mol. The Balaban J connectivity index is 2.23. The van der Waals surface area contributed by atoms with E-state index in [-0.39, 0.29) is 11.1 Å². The van der Waals surface area contributed by atoms with Gasteiger partial charge in [-0.25, -0.2) is 9.59 Å². The molecule has 0 heterocycles. The second-order valence-electron chi connectivity index (χ2n) is 4.07. The van der Waals surface area contributed by atoms with Crippen LogP contribution < -0.4 is 0 Å². The Hall–Kier alpha value is -1.34. The molecular formula is C14H8Cl2O4S2. The minimum atomic E-state index is -1.05. The van der Waals surface area contributed by atoms with Crippen LogP contribution in [0.3, 0.4) is 0 Å². The van der Waals surface area contributed by atoms with Crippen molar-refractivity contribution in [2.24, 2.45) is 0 Å². The van der Waals surface area contributed by atoms with Crippen molar-refractivity contribution in [3.63, 3.8) is 0 Å². The highest BCUT2D eigenvalue weighted by atomic mass is 35.5. The summed E-state index contributed by atoms with van der Waals surface area (Å²) in [6.45, 7) is 0. The number of carboxylic acid groups (broad SMARTS) is 2. The van der Waals surface area contributed by atoms with E-state index < -0.39 is 11.9 Å². The fourth-order valence-corrected chi connectivity index (χ4v) is 4.42. The van der Waals surface area contributed by atoms with Crippen molar-refractivity contribution in [1.29, 1.82) is 0 Å². The second kappa shape index (κ2) is 7.28. The molecule has 2 aromatic carbocycles.